The standard InChI is InChI=1S/2C5H10.H2O/c2*1-2-4-5-3-1;/h2*1-5H2;1H2. The number of hydrogen-bond acceptors (Lipinski definition) is 0. The van der Waals surface area contributed by atoms with E-state index in [1.54, 1.807) is 0 Å². The van der Waals surface area contributed by atoms with E-state index in [1.807, 2.05) is 0 Å². The molecule has 0 aromatic rings. The van der Waals surface area contributed by atoms with Crippen molar-refractivity contribution in [3.8, 4) is 0 Å². The zero-order chi connectivity index (χ0) is 7.07. The Morgan fingerprint density at radius 2 is 0.364 bits per heavy atom. The average molecular weight is 158 g/mol. The largest absolute Gasteiger partial charge is 0.412 e. The minimum absolute atomic E-state index is 0. The first-order valence-corrected chi connectivity index (χ1v) is 5.00. The fourth-order valence-electron chi connectivity index (χ4n) is 1.77. The van der Waals surface area contributed by atoms with Gasteiger partial charge < -0.3 is 5.48 Å². The third-order valence-corrected chi connectivity index (χ3v) is 2.50. The lowest BCUT2D eigenvalue weighted by molar-refractivity contribution is 0.824. The molecule has 2 rings (SSSR count). The van der Waals surface area contributed by atoms with Crippen molar-refractivity contribution in [3.63, 3.8) is 0 Å². The van der Waals surface area contributed by atoms with Gasteiger partial charge >= 0.3 is 0 Å². The molecule has 0 aromatic carbocycles. The topological polar surface area (TPSA) is 31.5 Å². The summed E-state index contributed by atoms with van der Waals surface area (Å²) in [5, 5.41) is 0. The molecular weight excluding hydrogens is 136 g/mol. The van der Waals surface area contributed by atoms with Crippen LogP contribution in [0.25, 0.3) is 0 Å². The van der Waals surface area contributed by atoms with Crippen molar-refractivity contribution in [1.82, 2.24) is 0 Å². The maximum absolute atomic E-state index is 1.50. The van der Waals surface area contributed by atoms with Crippen LogP contribution in [0.2, 0.25) is 0 Å². The van der Waals surface area contributed by atoms with Crippen LogP contribution < -0.4 is 0 Å². The van der Waals surface area contributed by atoms with Gasteiger partial charge in [-0.1, -0.05) is 64.2 Å². The Balaban J connectivity index is 0.000000167. The molecular formula is C10H22O. The van der Waals surface area contributed by atoms with Crippen LogP contribution in [0.5, 0.6) is 0 Å². The smallest absolute Gasteiger partial charge is 0.0533 e. The quantitative estimate of drug-likeness (QED) is 0.519. The molecule has 2 fully saturated rings. The summed E-state index contributed by atoms with van der Waals surface area (Å²) in [5.41, 5.74) is 0. The summed E-state index contributed by atoms with van der Waals surface area (Å²) in [6, 6.07) is 0. The normalized spacial score (nSPS) is 21.8. The Morgan fingerprint density at radius 3 is 0.455 bits per heavy atom. The Bertz CT molecular complexity index is 38.1. The van der Waals surface area contributed by atoms with E-state index in [9.17, 15) is 0 Å². The monoisotopic (exact) mass is 158 g/mol. The summed E-state index contributed by atoms with van der Waals surface area (Å²) in [6.45, 7) is 0. The third kappa shape index (κ3) is 6.36. The molecule has 0 amide bonds. The van der Waals surface area contributed by atoms with Crippen molar-refractivity contribution < 1.29 is 5.48 Å². The molecule has 0 saturated heterocycles. The molecule has 1 heteroatoms. The van der Waals surface area contributed by atoms with Crippen LogP contribution in [0.4, 0.5) is 0 Å². The second-order valence-electron chi connectivity index (χ2n) is 3.54. The van der Waals surface area contributed by atoms with E-state index in [0.717, 1.165) is 0 Å². The maximum atomic E-state index is 1.50. The molecule has 0 atom stereocenters. The Morgan fingerprint density at radius 1 is 0.273 bits per heavy atom. The SMILES string of the molecule is C1CCCC1.C1CCCC1.O. The van der Waals surface area contributed by atoms with Crippen molar-refractivity contribution in [2.45, 2.75) is 64.2 Å². The van der Waals surface area contributed by atoms with Gasteiger partial charge in [0.1, 0.15) is 0 Å². The zero-order valence-corrected chi connectivity index (χ0v) is 7.57. The molecule has 68 valence electrons. The summed E-state index contributed by atoms with van der Waals surface area (Å²) in [7, 11) is 0. The first-order chi connectivity index (χ1) is 5.00. The second-order valence-corrected chi connectivity index (χ2v) is 3.54. The number of hydrogen-bond donors (Lipinski definition) is 0. The van der Waals surface area contributed by atoms with E-state index in [-0.39, 0.29) is 5.48 Å². The predicted octanol–water partition coefficient (Wildman–Crippen LogP) is 3.08. The van der Waals surface area contributed by atoms with Crippen LogP contribution in [0.3, 0.4) is 0 Å². The molecule has 1 nitrogen and oxygen atoms in total. The fraction of sp³-hybridized carbons (Fsp3) is 1.00. The van der Waals surface area contributed by atoms with Crippen LogP contribution >= 0.6 is 0 Å². The maximum Gasteiger partial charge on any atom is -0.0533 e. The van der Waals surface area contributed by atoms with Crippen LogP contribution in [-0.4, -0.2) is 5.48 Å². The molecule has 2 N–H and O–H groups in total. The first-order valence-electron chi connectivity index (χ1n) is 5.00. The van der Waals surface area contributed by atoms with Gasteiger partial charge in [0.05, 0.1) is 0 Å². The van der Waals surface area contributed by atoms with Crippen LogP contribution in [0.15, 0.2) is 0 Å². The fourth-order valence-corrected chi connectivity index (χ4v) is 1.77. The van der Waals surface area contributed by atoms with Gasteiger partial charge in [-0.05, 0) is 0 Å². The summed E-state index contributed by atoms with van der Waals surface area (Å²) >= 11 is 0. The Hall–Kier alpha value is -0.0400. The molecule has 11 heavy (non-hydrogen) atoms. The van der Waals surface area contributed by atoms with Crippen molar-refractivity contribution in [1.29, 1.82) is 0 Å². The minimum Gasteiger partial charge on any atom is -0.412 e. The lowest BCUT2D eigenvalue weighted by atomic mass is 10.4. The third-order valence-electron chi connectivity index (χ3n) is 2.50. The highest BCUT2D eigenvalue weighted by Crippen LogP contribution is 2.15. The van der Waals surface area contributed by atoms with Gasteiger partial charge in [-0.15, -0.1) is 0 Å². The highest BCUT2D eigenvalue weighted by Gasteiger charge is 1.95. The highest BCUT2D eigenvalue weighted by molar-refractivity contribution is 4.51. The number of rotatable bonds is 0. The summed E-state index contributed by atoms with van der Waals surface area (Å²) in [4.78, 5) is 0. The molecule has 0 heterocycles. The second kappa shape index (κ2) is 8.06. The zero-order valence-electron chi connectivity index (χ0n) is 7.57. The van der Waals surface area contributed by atoms with Crippen LogP contribution in [0, 0.1) is 0 Å². The van der Waals surface area contributed by atoms with E-state index in [4.69, 9.17) is 0 Å². The Kier molecular flexibility index (Phi) is 8.03. The lowest BCUT2D eigenvalue weighted by Gasteiger charge is -1.67. The average Bonchev–Trinajstić information content (AvgIpc) is 2.67. The molecule has 0 bridgehead atoms. The molecule has 0 aliphatic heterocycles. The summed E-state index contributed by atoms with van der Waals surface area (Å²) in [6.07, 6.45) is 15.0. The van der Waals surface area contributed by atoms with E-state index >= 15 is 0 Å². The van der Waals surface area contributed by atoms with Gasteiger partial charge in [0.15, 0.2) is 0 Å². The minimum atomic E-state index is 0. The summed E-state index contributed by atoms with van der Waals surface area (Å²) in [5.74, 6) is 0. The molecule has 0 spiro atoms. The molecule has 2 aliphatic carbocycles. The van der Waals surface area contributed by atoms with E-state index in [1.165, 1.54) is 64.2 Å². The molecule has 2 saturated carbocycles. The van der Waals surface area contributed by atoms with Crippen molar-refractivity contribution in [3.05, 3.63) is 0 Å². The summed E-state index contributed by atoms with van der Waals surface area (Å²) < 4.78 is 0. The lowest BCUT2D eigenvalue weighted by Crippen LogP contribution is -1.47. The van der Waals surface area contributed by atoms with Gasteiger partial charge in [-0.3, -0.25) is 0 Å². The van der Waals surface area contributed by atoms with Crippen LogP contribution in [-0.2, 0) is 0 Å². The van der Waals surface area contributed by atoms with Crippen molar-refractivity contribution >= 4 is 0 Å². The highest BCUT2D eigenvalue weighted by atomic mass is 16.0. The molecule has 2 aliphatic rings. The predicted molar refractivity (Wildman–Crippen MR) is 49.8 cm³/mol. The van der Waals surface area contributed by atoms with Gasteiger partial charge in [-0.25, -0.2) is 0 Å². The van der Waals surface area contributed by atoms with E-state index < -0.39 is 0 Å². The van der Waals surface area contributed by atoms with Gasteiger partial charge in [0.25, 0.3) is 0 Å². The van der Waals surface area contributed by atoms with Crippen LogP contribution in [0.1, 0.15) is 64.2 Å². The molecule has 0 aromatic heterocycles. The van der Waals surface area contributed by atoms with E-state index in [0.29, 0.717) is 0 Å². The van der Waals surface area contributed by atoms with Crippen molar-refractivity contribution in [2.24, 2.45) is 0 Å². The van der Waals surface area contributed by atoms with Crippen molar-refractivity contribution in [2.75, 3.05) is 0 Å². The first kappa shape index (κ1) is 11.0. The molecule has 0 radical (unpaired) electrons. The van der Waals surface area contributed by atoms with Gasteiger partial charge in [-0.2, -0.15) is 0 Å². The van der Waals surface area contributed by atoms with Gasteiger partial charge in [0, 0.05) is 0 Å². The van der Waals surface area contributed by atoms with E-state index in [2.05, 4.69) is 0 Å². The molecule has 0 unspecified atom stereocenters. The Labute approximate surface area is 70.5 Å². The van der Waals surface area contributed by atoms with Gasteiger partial charge in [0.2, 0.25) is 0 Å².